The molecule has 5 nitrogen and oxygen atoms in total. The van der Waals surface area contributed by atoms with E-state index < -0.39 is 27.5 Å². The summed E-state index contributed by atoms with van der Waals surface area (Å²) in [6.45, 7) is 6.52. The van der Waals surface area contributed by atoms with E-state index in [1.165, 1.54) is 6.20 Å². The molecule has 1 unspecified atom stereocenters. The minimum absolute atomic E-state index is 0.0786. The summed E-state index contributed by atoms with van der Waals surface area (Å²) in [4.78, 5) is 4.80. The van der Waals surface area contributed by atoms with Crippen LogP contribution in [-0.2, 0) is 16.6 Å². The maximum absolute atomic E-state index is 14.2. The highest BCUT2D eigenvalue weighted by molar-refractivity contribution is 7.90. The Labute approximate surface area is 187 Å². The van der Waals surface area contributed by atoms with Gasteiger partial charge < -0.3 is 4.57 Å². The second-order valence-electron chi connectivity index (χ2n) is 10.6. The summed E-state index contributed by atoms with van der Waals surface area (Å²) in [6, 6.07) is 1.22. The third kappa shape index (κ3) is 4.83. The molecule has 0 spiro atoms. The largest absolute Gasteiger partial charge is 0.408 e. The van der Waals surface area contributed by atoms with Crippen molar-refractivity contribution in [1.29, 1.82) is 0 Å². The van der Waals surface area contributed by atoms with Crippen molar-refractivity contribution >= 4 is 21.1 Å². The van der Waals surface area contributed by atoms with Gasteiger partial charge in [-0.25, -0.2) is 13.4 Å². The van der Waals surface area contributed by atoms with Gasteiger partial charge in [0.15, 0.2) is 0 Å². The van der Waals surface area contributed by atoms with E-state index in [0.717, 1.165) is 37.8 Å². The van der Waals surface area contributed by atoms with Crippen molar-refractivity contribution in [2.45, 2.75) is 95.6 Å². The van der Waals surface area contributed by atoms with E-state index in [1.54, 1.807) is 10.6 Å². The van der Waals surface area contributed by atoms with Crippen LogP contribution in [0, 0.1) is 5.41 Å². The molecule has 4 rings (SSSR count). The Hall–Kier alpha value is -1.61. The van der Waals surface area contributed by atoms with Crippen LogP contribution in [-0.4, -0.2) is 29.4 Å². The standard InChI is InChI=1S/C23H32F3N3O2S/c1-22(2,3)14-29-13-18(17-11-12-19(27-21(17)29)15-7-4-5-8-15)20(23(24,25)26)28-32(30,31)16-9-6-10-16/h11-13,15-16,20,28H,4-10,14H2,1-3H3. The summed E-state index contributed by atoms with van der Waals surface area (Å²) in [5.41, 5.74) is 1.14. The lowest BCUT2D eigenvalue weighted by atomic mass is 9.97. The van der Waals surface area contributed by atoms with Crippen LogP contribution in [0.15, 0.2) is 18.3 Å². The van der Waals surface area contributed by atoms with Crippen molar-refractivity contribution in [2.24, 2.45) is 5.41 Å². The third-order valence-corrected chi connectivity index (χ3v) is 8.52. The van der Waals surface area contributed by atoms with Gasteiger partial charge >= 0.3 is 6.18 Å². The average Bonchev–Trinajstić information content (AvgIpc) is 3.24. The van der Waals surface area contributed by atoms with Gasteiger partial charge in [0.1, 0.15) is 11.7 Å². The summed E-state index contributed by atoms with van der Waals surface area (Å²) >= 11 is 0. The summed E-state index contributed by atoms with van der Waals surface area (Å²) in [5.74, 6) is 0.330. The van der Waals surface area contributed by atoms with E-state index in [2.05, 4.69) is 0 Å². The molecule has 0 amide bonds. The number of nitrogens with one attached hydrogen (secondary N) is 1. The summed E-state index contributed by atoms with van der Waals surface area (Å²) in [5, 5.41) is -0.392. The predicted molar refractivity (Wildman–Crippen MR) is 119 cm³/mol. The zero-order valence-electron chi connectivity index (χ0n) is 18.9. The second kappa shape index (κ2) is 8.31. The molecule has 0 bridgehead atoms. The summed E-state index contributed by atoms with van der Waals surface area (Å²) in [6.07, 6.45) is 2.56. The maximum Gasteiger partial charge on any atom is 0.408 e. The zero-order valence-corrected chi connectivity index (χ0v) is 19.7. The first-order valence-electron chi connectivity index (χ1n) is 11.4. The van der Waals surface area contributed by atoms with Gasteiger partial charge in [-0.3, -0.25) is 0 Å². The van der Waals surface area contributed by atoms with Crippen LogP contribution in [0.5, 0.6) is 0 Å². The SMILES string of the molecule is CC(C)(C)Cn1cc(C(NS(=O)(=O)C2CCC2)C(F)(F)F)c2ccc(C3CCCC3)nc21. The third-order valence-electron chi connectivity index (χ3n) is 6.60. The van der Waals surface area contributed by atoms with Gasteiger partial charge in [0.25, 0.3) is 0 Å². The van der Waals surface area contributed by atoms with Gasteiger partial charge in [0.2, 0.25) is 10.0 Å². The first-order chi connectivity index (χ1) is 14.9. The molecule has 0 saturated heterocycles. The molecule has 0 aromatic carbocycles. The lowest BCUT2D eigenvalue weighted by molar-refractivity contribution is -0.152. The van der Waals surface area contributed by atoms with Crippen LogP contribution < -0.4 is 4.72 Å². The van der Waals surface area contributed by atoms with E-state index >= 15 is 0 Å². The van der Waals surface area contributed by atoms with Crippen LogP contribution in [0.25, 0.3) is 11.0 Å². The van der Waals surface area contributed by atoms with Gasteiger partial charge in [0.05, 0.1) is 5.25 Å². The van der Waals surface area contributed by atoms with Crippen LogP contribution >= 0.6 is 0 Å². The highest BCUT2D eigenvalue weighted by Gasteiger charge is 2.46. The number of nitrogens with zero attached hydrogens (tertiary/aromatic N) is 2. The van der Waals surface area contributed by atoms with Gasteiger partial charge in [-0.15, -0.1) is 0 Å². The van der Waals surface area contributed by atoms with E-state index in [0.29, 0.717) is 36.3 Å². The normalized spacial score (nSPS) is 20.1. The number of alkyl halides is 3. The fraction of sp³-hybridized carbons (Fsp3) is 0.696. The first kappa shape index (κ1) is 23.5. The number of rotatable bonds is 6. The Morgan fingerprint density at radius 1 is 1.09 bits per heavy atom. The molecular formula is C23H32F3N3O2S. The Morgan fingerprint density at radius 3 is 2.28 bits per heavy atom. The van der Waals surface area contributed by atoms with Gasteiger partial charge in [-0.05, 0) is 43.2 Å². The number of pyridine rings is 1. The van der Waals surface area contributed by atoms with Crippen molar-refractivity contribution < 1.29 is 21.6 Å². The van der Waals surface area contributed by atoms with Gasteiger partial charge in [0, 0.05) is 35.3 Å². The van der Waals surface area contributed by atoms with E-state index in [1.807, 2.05) is 31.6 Å². The molecule has 2 aromatic rings. The molecule has 2 aliphatic rings. The Balaban J connectivity index is 1.81. The molecule has 0 aliphatic heterocycles. The number of sulfonamides is 1. The minimum atomic E-state index is -4.76. The van der Waals surface area contributed by atoms with Crippen LogP contribution in [0.1, 0.15) is 88.9 Å². The first-order valence-corrected chi connectivity index (χ1v) is 13.0. The number of aromatic nitrogens is 2. The molecule has 2 fully saturated rings. The van der Waals surface area contributed by atoms with Crippen LogP contribution in [0.4, 0.5) is 13.2 Å². The minimum Gasteiger partial charge on any atom is -0.332 e. The molecule has 2 aromatic heterocycles. The Kier molecular flexibility index (Phi) is 6.11. The molecule has 0 radical (unpaired) electrons. The van der Waals surface area contributed by atoms with Crippen molar-refractivity contribution in [3.63, 3.8) is 0 Å². The van der Waals surface area contributed by atoms with E-state index in [9.17, 15) is 21.6 Å². The molecule has 9 heteroatoms. The molecule has 2 heterocycles. The molecular weight excluding hydrogens is 439 g/mol. The summed E-state index contributed by atoms with van der Waals surface area (Å²) < 4.78 is 71.5. The van der Waals surface area contributed by atoms with Crippen LogP contribution in [0.2, 0.25) is 0 Å². The molecule has 1 atom stereocenters. The van der Waals surface area contributed by atoms with Crippen molar-refractivity contribution in [3.05, 3.63) is 29.6 Å². The fourth-order valence-electron chi connectivity index (χ4n) is 4.76. The number of hydrogen-bond acceptors (Lipinski definition) is 3. The Bertz CT molecular complexity index is 1080. The Morgan fingerprint density at radius 2 is 1.75 bits per heavy atom. The topological polar surface area (TPSA) is 64.0 Å². The van der Waals surface area contributed by atoms with Crippen molar-refractivity contribution in [3.8, 4) is 0 Å². The highest BCUT2D eigenvalue weighted by Crippen LogP contribution is 2.41. The molecule has 2 saturated carbocycles. The zero-order chi connectivity index (χ0) is 23.3. The number of fused-ring (bicyclic) bond motifs is 1. The quantitative estimate of drug-likeness (QED) is 0.578. The number of hydrogen-bond donors (Lipinski definition) is 1. The molecule has 1 N–H and O–H groups in total. The maximum atomic E-state index is 14.2. The second-order valence-corrected chi connectivity index (χ2v) is 12.5. The predicted octanol–water partition coefficient (Wildman–Crippen LogP) is 5.82. The molecule has 2 aliphatic carbocycles. The average molecular weight is 472 g/mol. The van der Waals surface area contributed by atoms with Crippen LogP contribution in [0.3, 0.4) is 0 Å². The van der Waals surface area contributed by atoms with E-state index in [-0.39, 0.29) is 11.0 Å². The highest BCUT2D eigenvalue weighted by atomic mass is 32.2. The monoisotopic (exact) mass is 471 g/mol. The lowest BCUT2D eigenvalue weighted by Crippen LogP contribution is -2.44. The van der Waals surface area contributed by atoms with Gasteiger partial charge in [-0.2, -0.15) is 17.9 Å². The number of halogens is 3. The van der Waals surface area contributed by atoms with Crippen molar-refractivity contribution in [2.75, 3.05) is 0 Å². The lowest BCUT2D eigenvalue weighted by Gasteiger charge is -2.29. The van der Waals surface area contributed by atoms with Crippen molar-refractivity contribution in [1.82, 2.24) is 14.3 Å². The summed E-state index contributed by atoms with van der Waals surface area (Å²) in [7, 11) is -4.07. The smallest absolute Gasteiger partial charge is 0.332 e. The fourth-order valence-corrected chi connectivity index (χ4v) is 6.50. The molecule has 32 heavy (non-hydrogen) atoms. The molecule has 178 valence electrons. The van der Waals surface area contributed by atoms with E-state index in [4.69, 9.17) is 4.98 Å². The van der Waals surface area contributed by atoms with Gasteiger partial charge in [-0.1, -0.05) is 40.0 Å².